The normalized spacial score (nSPS) is 18.4. The number of ether oxygens (including phenoxy) is 5. The van der Waals surface area contributed by atoms with Crippen LogP contribution in [0.2, 0.25) is 0 Å². The number of rotatable bonds is 12. The number of hydrogen-bond donors (Lipinski definition) is 0. The maximum Gasteiger partial charge on any atom is 0.308 e. The number of hydrogen-bond acceptors (Lipinski definition) is 8. The molecule has 0 fully saturated rings. The average molecular weight is 513 g/mol. The van der Waals surface area contributed by atoms with Crippen molar-refractivity contribution in [2.45, 2.75) is 51.1 Å². The van der Waals surface area contributed by atoms with Crippen LogP contribution in [-0.2, 0) is 27.2 Å². The molecule has 0 aromatic heterocycles. The zero-order valence-corrected chi connectivity index (χ0v) is 22.6. The third-order valence-electron chi connectivity index (χ3n) is 6.58. The minimum atomic E-state index is -1.05. The first kappa shape index (κ1) is 27.8. The van der Waals surface area contributed by atoms with Gasteiger partial charge in [-0.25, -0.2) is 0 Å². The van der Waals surface area contributed by atoms with Gasteiger partial charge in [0, 0.05) is 6.42 Å². The van der Waals surface area contributed by atoms with Crippen molar-refractivity contribution >= 4 is 18.2 Å². The first-order valence-corrected chi connectivity index (χ1v) is 12.1. The Balaban J connectivity index is 1.91. The number of carbonyl (C=O) groups is 2. The van der Waals surface area contributed by atoms with Gasteiger partial charge in [0.1, 0.15) is 5.54 Å². The minimum Gasteiger partial charge on any atom is -0.493 e. The molecule has 2 unspecified atom stereocenters. The van der Waals surface area contributed by atoms with Crippen molar-refractivity contribution in [3.05, 3.63) is 47.5 Å². The van der Waals surface area contributed by atoms with E-state index < -0.39 is 11.1 Å². The molecular weight excluding hydrogens is 476 g/mol. The molecule has 0 bridgehead atoms. The minimum absolute atomic E-state index is 0.000612. The van der Waals surface area contributed by atoms with Gasteiger partial charge in [0.2, 0.25) is 0 Å². The maximum atomic E-state index is 13.9. The summed E-state index contributed by atoms with van der Waals surface area (Å²) in [6.45, 7) is 5.67. The lowest BCUT2D eigenvalue weighted by molar-refractivity contribution is -0.147. The fraction of sp³-hybridized carbons (Fsp3) is 0.464. The second kappa shape index (κ2) is 11.5. The molecule has 0 N–H and O–H groups in total. The van der Waals surface area contributed by atoms with E-state index in [2.05, 4.69) is 4.99 Å². The van der Waals surface area contributed by atoms with Gasteiger partial charge in [-0.1, -0.05) is 12.1 Å². The van der Waals surface area contributed by atoms with Crippen LogP contribution in [0.4, 0.5) is 0 Å². The van der Waals surface area contributed by atoms with E-state index in [9.17, 15) is 9.59 Å². The van der Waals surface area contributed by atoms with E-state index in [1.807, 2.05) is 31.2 Å². The molecular formula is C28H36N2O7. The monoisotopic (exact) mass is 512 g/mol. The molecule has 1 heterocycles. The van der Waals surface area contributed by atoms with E-state index in [1.165, 1.54) is 0 Å². The number of nitrogens with zero attached hydrogens (tertiary/aromatic N) is 2. The summed E-state index contributed by atoms with van der Waals surface area (Å²) in [6, 6.07) is 11.1. The van der Waals surface area contributed by atoms with Crippen molar-refractivity contribution in [3.8, 4) is 23.0 Å². The highest BCUT2D eigenvalue weighted by Gasteiger charge is 2.48. The number of methoxy groups -OCH3 is 4. The van der Waals surface area contributed by atoms with Gasteiger partial charge in [-0.2, -0.15) is 0 Å². The van der Waals surface area contributed by atoms with Gasteiger partial charge in [0.25, 0.3) is 5.91 Å². The van der Waals surface area contributed by atoms with Crippen LogP contribution in [0.15, 0.2) is 41.4 Å². The van der Waals surface area contributed by atoms with Crippen molar-refractivity contribution in [3.63, 3.8) is 0 Å². The van der Waals surface area contributed by atoms with Gasteiger partial charge in [-0.05, 0) is 62.6 Å². The summed E-state index contributed by atoms with van der Waals surface area (Å²) >= 11 is 0. The van der Waals surface area contributed by atoms with Gasteiger partial charge in [-0.3, -0.25) is 19.5 Å². The molecule has 37 heavy (non-hydrogen) atoms. The number of amides is 1. The zero-order chi connectivity index (χ0) is 27.2. The fourth-order valence-electron chi connectivity index (χ4n) is 4.63. The third-order valence-corrected chi connectivity index (χ3v) is 6.58. The third kappa shape index (κ3) is 5.98. The number of carbonyl (C=O) groups excluding carboxylic acids is 2. The predicted octanol–water partition coefficient (Wildman–Crippen LogP) is 3.85. The van der Waals surface area contributed by atoms with Crippen LogP contribution in [0.3, 0.4) is 0 Å². The molecule has 0 aliphatic carbocycles. The SMILES string of the molecule is CCOC(=O)CC(C)(Cc1ccc(OC)c(OC)c1)N1C=NC(C)(Cc2ccc(OC)c(OC)c2)C1=O. The highest BCUT2D eigenvalue weighted by atomic mass is 16.5. The topological polar surface area (TPSA) is 95.9 Å². The Morgan fingerprint density at radius 3 is 2.00 bits per heavy atom. The fourth-order valence-corrected chi connectivity index (χ4v) is 4.63. The van der Waals surface area contributed by atoms with Crippen LogP contribution in [0.25, 0.3) is 0 Å². The summed E-state index contributed by atoms with van der Waals surface area (Å²) < 4.78 is 26.8. The summed E-state index contributed by atoms with van der Waals surface area (Å²) in [5.41, 5.74) is -0.229. The average Bonchev–Trinajstić information content (AvgIpc) is 3.18. The van der Waals surface area contributed by atoms with Crippen molar-refractivity contribution < 1.29 is 33.3 Å². The largest absolute Gasteiger partial charge is 0.493 e. The molecule has 1 aliphatic rings. The van der Waals surface area contributed by atoms with Crippen LogP contribution in [0.5, 0.6) is 23.0 Å². The molecule has 0 saturated heterocycles. The van der Waals surface area contributed by atoms with Crippen LogP contribution in [0.1, 0.15) is 38.3 Å². The summed E-state index contributed by atoms with van der Waals surface area (Å²) in [5.74, 6) is 1.76. The molecule has 1 amide bonds. The van der Waals surface area contributed by atoms with E-state index in [4.69, 9.17) is 23.7 Å². The van der Waals surface area contributed by atoms with Crippen LogP contribution >= 0.6 is 0 Å². The lowest BCUT2D eigenvalue weighted by Gasteiger charge is -2.38. The Bertz CT molecular complexity index is 1170. The molecule has 9 nitrogen and oxygen atoms in total. The molecule has 0 radical (unpaired) electrons. The Kier molecular flexibility index (Phi) is 8.68. The smallest absolute Gasteiger partial charge is 0.308 e. The molecule has 0 saturated carbocycles. The highest BCUT2D eigenvalue weighted by Crippen LogP contribution is 2.36. The molecule has 200 valence electrons. The molecule has 9 heteroatoms. The summed E-state index contributed by atoms with van der Waals surface area (Å²) in [6.07, 6.45) is 2.27. The van der Waals surface area contributed by atoms with E-state index >= 15 is 0 Å². The second-order valence-electron chi connectivity index (χ2n) is 9.40. The Morgan fingerprint density at radius 2 is 1.46 bits per heavy atom. The summed E-state index contributed by atoms with van der Waals surface area (Å²) in [7, 11) is 6.28. The molecule has 2 aromatic carbocycles. The van der Waals surface area contributed by atoms with Gasteiger partial charge >= 0.3 is 5.97 Å². The van der Waals surface area contributed by atoms with Gasteiger partial charge < -0.3 is 23.7 Å². The Morgan fingerprint density at radius 1 is 0.919 bits per heavy atom. The van der Waals surface area contributed by atoms with E-state index in [-0.39, 0.29) is 24.9 Å². The van der Waals surface area contributed by atoms with E-state index in [0.717, 1.165) is 11.1 Å². The lowest BCUT2D eigenvalue weighted by Crippen LogP contribution is -2.54. The van der Waals surface area contributed by atoms with Crippen molar-refractivity contribution in [2.24, 2.45) is 4.99 Å². The second-order valence-corrected chi connectivity index (χ2v) is 9.40. The molecule has 1 aliphatic heterocycles. The van der Waals surface area contributed by atoms with Gasteiger partial charge in [-0.15, -0.1) is 0 Å². The zero-order valence-electron chi connectivity index (χ0n) is 22.6. The van der Waals surface area contributed by atoms with E-state index in [0.29, 0.717) is 35.8 Å². The van der Waals surface area contributed by atoms with Crippen molar-refractivity contribution in [1.82, 2.24) is 4.90 Å². The summed E-state index contributed by atoms with van der Waals surface area (Å²) in [4.78, 5) is 32.7. The van der Waals surface area contributed by atoms with Crippen LogP contribution in [0, 0.1) is 0 Å². The predicted molar refractivity (Wildman–Crippen MR) is 140 cm³/mol. The number of benzene rings is 2. The molecule has 3 rings (SSSR count). The number of esters is 1. The Labute approximate surface area is 218 Å². The van der Waals surface area contributed by atoms with Crippen molar-refractivity contribution in [2.75, 3.05) is 35.0 Å². The first-order valence-electron chi connectivity index (χ1n) is 12.1. The van der Waals surface area contributed by atoms with Gasteiger partial charge in [0.15, 0.2) is 23.0 Å². The molecule has 2 aromatic rings. The number of aliphatic imine (C=N–C) groups is 1. The van der Waals surface area contributed by atoms with Crippen molar-refractivity contribution in [1.29, 1.82) is 0 Å². The Hall–Kier alpha value is -3.75. The van der Waals surface area contributed by atoms with Crippen LogP contribution in [-0.4, -0.2) is 69.2 Å². The standard InChI is InChI=1S/C28H36N2O7/c1-8-37-25(31)17-27(2,15-19-9-11-21(33-4)23(13-19)35-6)30-18-29-28(3,26(30)32)16-20-10-12-22(34-5)24(14-20)36-7/h9-14,18H,8,15-17H2,1-7H3. The highest BCUT2D eigenvalue weighted by molar-refractivity contribution is 6.01. The molecule has 2 atom stereocenters. The van der Waals surface area contributed by atoms with E-state index in [1.54, 1.807) is 65.7 Å². The van der Waals surface area contributed by atoms with Crippen LogP contribution < -0.4 is 18.9 Å². The van der Waals surface area contributed by atoms with Gasteiger partial charge in [0.05, 0.1) is 53.3 Å². The molecule has 0 spiro atoms. The lowest BCUT2D eigenvalue weighted by atomic mass is 9.85. The quantitative estimate of drug-likeness (QED) is 0.399. The maximum absolute atomic E-state index is 13.9. The summed E-state index contributed by atoms with van der Waals surface area (Å²) in [5, 5.41) is 0. The first-order chi connectivity index (χ1) is 17.6.